The molecule has 1 atom stereocenters. The van der Waals surface area contributed by atoms with Gasteiger partial charge in [0.25, 0.3) is 0 Å². The van der Waals surface area contributed by atoms with Crippen LogP contribution in [0.1, 0.15) is 50.6 Å². The molecule has 2 aromatic carbocycles. The zero-order valence-electron chi connectivity index (χ0n) is 22.7. The summed E-state index contributed by atoms with van der Waals surface area (Å²) in [6.07, 6.45) is -3.57. The maximum atomic E-state index is 14.4. The van der Waals surface area contributed by atoms with Crippen LogP contribution >= 0.6 is 0 Å². The highest BCUT2D eigenvalue weighted by Gasteiger charge is 2.37. The van der Waals surface area contributed by atoms with Crippen LogP contribution in [0.2, 0.25) is 0 Å². The van der Waals surface area contributed by atoms with Crippen LogP contribution in [0.25, 0.3) is 11.0 Å². The minimum absolute atomic E-state index is 0.00586. The molecule has 2 aliphatic heterocycles. The lowest BCUT2D eigenvalue weighted by atomic mass is 10.0. The van der Waals surface area contributed by atoms with Crippen LogP contribution in [0.5, 0.6) is 5.88 Å². The maximum Gasteiger partial charge on any atom is 0.421 e. The topological polar surface area (TPSA) is 114 Å². The molecule has 0 saturated carbocycles. The van der Waals surface area contributed by atoms with Gasteiger partial charge in [-0.05, 0) is 54.8 Å². The van der Waals surface area contributed by atoms with E-state index in [1.165, 1.54) is 18.2 Å². The Morgan fingerprint density at radius 1 is 1.19 bits per heavy atom. The first-order valence-electron chi connectivity index (χ1n) is 13.6. The van der Waals surface area contributed by atoms with Crippen LogP contribution in [-0.4, -0.2) is 49.8 Å². The molecule has 1 saturated heterocycles. The van der Waals surface area contributed by atoms with Gasteiger partial charge in [-0.1, -0.05) is 6.07 Å². The summed E-state index contributed by atoms with van der Waals surface area (Å²) >= 11 is 0. The summed E-state index contributed by atoms with van der Waals surface area (Å²) < 4.78 is 69.2. The minimum Gasteiger partial charge on any atom is -0.478 e. The monoisotopic (exact) mass is 595 g/mol. The van der Waals surface area contributed by atoms with Crippen molar-refractivity contribution in [1.82, 2.24) is 19.4 Å². The Hall–Kier alpha value is -4.54. The van der Waals surface area contributed by atoms with E-state index in [1.807, 2.05) is 9.47 Å². The third-order valence-corrected chi connectivity index (χ3v) is 7.70. The van der Waals surface area contributed by atoms with Crippen molar-refractivity contribution in [2.75, 3.05) is 13.2 Å². The van der Waals surface area contributed by atoms with E-state index in [1.54, 1.807) is 18.2 Å². The number of aromatic carboxylic acids is 1. The average Bonchev–Trinajstić information content (AvgIpc) is 3.28. The van der Waals surface area contributed by atoms with Crippen molar-refractivity contribution < 1.29 is 36.9 Å². The second kappa shape index (κ2) is 11.3. The third-order valence-electron chi connectivity index (χ3n) is 7.70. The first-order valence-corrected chi connectivity index (χ1v) is 13.6. The number of rotatable bonds is 8. The van der Waals surface area contributed by atoms with Crippen LogP contribution in [0.4, 0.5) is 17.6 Å². The number of nitriles is 1. The fourth-order valence-corrected chi connectivity index (χ4v) is 5.29. The Bertz CT molecular complexity index is 1760. The van der Waals surface area contributed by atoms with E-state index in [4.69, 9.17) is 19.7 Å². The number of alkyl halides is 3. The SMILES string of the molecule is N#Cc1ccc(COc2nc3c(cc2C(F)(F)F)CCN(Cc2nc4ccc(C(=O)O)cc4n2C[C@@H]2CCO2)C3)c(F)c1. The van der Waals surface area contributed by atoms with Crippen molar-refractivity contribution in [3.63, 3.8) is 0 Å². The van der Waals surface area contributed by atoms with E-state index in [-0.39, 0.29) is 29.3 Å². The highest BCUT2D eigenvalue weighted by atomic mass is 19.4. The summed E-state index contributed by atoms with van der Waals surface area (Å²) in [7, 11) is 0. The van der Waals surface area contributed by atoms with Crippen LogP contribution in [-0.2, 0) is 43.6 Å². The zero-order chi connectivity index (χ0) is 30.3. The molecule has 4 heterocycles. The van der Waals surface area contributed by atoms with E-state index < -0.39 is 36.0 Å². The molecule has 0 unspecified atom stereocenters. The van der Waals surface area contributed by atoms with Gasteiger partial charge in [0.15, 0.2) is 0 Å². The number of carboxylic acid groups (broad SMARTS) is 1. The summed E-state index contributed by atoms with van der Waals surface area (Å²) in [4.78, 5) is 22.6. The number of carbonyl (C=O) groups is 1. The van der Waals surface area contributed by atoms with E-state index in [9.17, 15) is 27.5 Å². The lowest BCUT2D eigenvalue weighted by Crippen LogP contribution is -2.34. The number of hydrogen-bond donors (Lipinski definition) is 1. The van der Waals surface area contributed by atoms with Crippen LogP contribution in [0, 0.1) is 17.1 Å². The molecule has 2 aromatic heterocycles. The number of imidazole rings is 1. The summed E-state index contributed by atoms with van der Waals surface area (Å²) in [5.74, 6) is -1.78. The number of aromatic nitrogens is 3. The Morgan fingerprint density at radius 3 is 2.67 bits per heavy atom. The van der Waals surface area contributed by atoms with Gasteiger partial charge in [-0.15, -0.1) is 0 Å². The number of carboxylic acids is 1. The van der Waals surface area contributed by atoms with Gasteiger partial charge >= 0.3 is 12.1 Å². The highest BCUT2D eigenvalue weighted by molar-refractivity contribution is 5.92. The molecule has 0 aliphatic carbocycles. The molecule has 0 bridgehead atoms. The Kier molecular flexibility index (Phi) is 7.49. The summed E-state index contributed by atoms with van der Waals surface area (Å²) in [6.45, 7) is 1.67. The molecule has 13 heteroatoms. The van der Waals surface area contributed by atoms with Gasteiger partial charge in [0.1, 0.15) is 23.8 Å². The van der Waals surface area contributed by atoms with Gasteiger partial charge in [0.05, 0.1) is 53.1 Å². The normalized spacial score (nSPS) is 16.9. The third kappa shape index (κ3) is 5.89. The van der Waals surface area contributed by atoms with Crippen molar-refractivity contribution in [2.24, 2.45) is 0 Å². The van der Waals surface area contributed by atoms with Crippen molar-refractivity contribution in [1.29, 1.82) is 5.26 Å². The van der Waals surface area contributed by atoms with E-state index >= 15 is 0 Å². The quantitative estimate of drug-likeness (QED) is 0.281. The summed E-state index contributed by atoms with van der Waals surface area (Å²) in [6, 6.07) is 11.2. The lowest BCUT2D eigenvalue weighted by molar-refractivity contribution is -0.139. The van der Waals surface area contributed by atoms with Gasteiger partial charge in [-0.25, -0.2) is 19.2 Å². The van der Waals surface area contributed by atoms with E-state index in [0.717, 1.165) is 18.6 Å². The number of benzene rings is 2. The van der Waals surface area contributed by atoms with Crippen LogP contribution in [0.15, 0.2) is 42.5 Å². The number of fused-ring (bicyclic) bond motifs is 2. The molecule has 0 amide bonds. The average molecular weight is 596 g/mol. The molecule has 9 nitrogen and oxygen atoms in total. The number of pyridine rings is 1. The zero-order valence-corrected chi connectivity index (χ0v) is 22.7. The van der Waals surface area contributed by atoms with Crippen molar-refractivity contribution in [3.05, 3.63) is 87.6 Å². The molecule has 2 aliphatic rings. The summed E-state index contributed by atoms with van der Waals surface area (Å²) in [5, 5.41) is 18.4. The van der Waals surface area contributed by atoms with Gasteiger partial charge in [-0.3, -0.25) is 4.90 Å². The molecule has 0 radical (unpaired) electrons. The van der Waals surface area contributed by atoms with Crippen molar-refractivity contribution in [3.8, 4) is 11.9 Å². The number of ether oxygens (including phenoxy) is 2. The fraction of sp³-hybridized carbons (Fsp3) is 0.333. The summed E-state index contributed by atoms with van der Waals surface area (Å²) in [5.41, 5.74) is 1.34. The maximum absolute atomic E-state index is 14.4. The molecule has 1 N–H and O–H groups in total. The molecule has 4 aromatic rings. The Balaban J connectivity index is 1.27. The smallest absolute Gasteiger partial charge is 0.421 e. The van der Waals surface area contributed by atoms with Crippen LogP contribution in [0.3, 0.4) is 0 Å². The molecule has 6 rings (SSSR count). The Labute approximate surface area is 242 Å². The molecule has 43 heavy (non-hydrogen) atoms. The minimum atomic E-state index is -4.74. The predicted molar refractivity (Wildman–Crippen MR) is 144 cm³/mol. The number of hydrogen-bond acceptors (Lipinski definition) is 7. The lowest BCUT2D eigenvalue weighted by Gasteiger charge is -2.30. The standard InChI is InChI=1S/C30H25F4N5O4/c31-23-9-17(12-35)1-2-20(23)16-43-28-22(30(32,33)34)10-18-5-7-38(14-25(18)37-28)15-27-36-24-4-3-19(29(40)41)11-26(24)39(27)13-21-6-8-42-21/h1-4,9-11,21H,5-8,13-16H2,(H,40,41)/t21-/m0/s1. The fourth-order valence-electron chi connectivity index (χ4n) is 5.29. The van der Waals surface area contributed by atoms with Gasteiger partial charge < -0.3 is 19.1 Å². The molecular formula is C30H25F4N5O4. The molecular weight excluding hydrogens is 570 g/mol. The van der Waals surface area contributed by atoms with Gasteiger partial charge in [0, 0.05) is 25.3 Å². The second-order valence-electron chi connectivity index (χ2n) is 10.5. The predicted octanol–water partition coefficient (Wildman–Crippen LogP) is 5.09. The van der Waals surface area contributed by atoms with Crippen molar-refractivity contribution in [2.45, 2.75) is 51.4 Å². The first-order chi connectivity index (χ1) is 20.6. The Morgan fingerprint density at radius 2 is 2.00 bits per heavy atom. The van der Waals surface area contributed by atoms with Gasteiger partial charge in [0.2, 0.25) is 5.88 Å². The largest absolute Gasteiger partial charge is 0.478 e. The highest BCUT2D eigenvalue weighted by Crippen LogP contribution is 2.38. The number of halogens is 4. The van der Waals surface area contributed by atoms with E-state index in [0.29, 0.717) is 60.8 Å². The number of nitrogens with zero attached hydrogens (tertiary/aromatic N) is 5. The molecule has 0 spiro atoms. The van der Waals surface area contributed by atoms with Crippen LogP contribution < -0.4 is 4.74 Å². The molecule has 222 valence electrons. The van der Waals surface area contributed by atoms with Gasteiger partial charge in [-0.2, -0.15) is 18.4 Å². The van der Waals surface area contributed by atoms with E-state index in [2.05, 4.69) is 4.98 Å². The first kappa shape index (κ1) is 28.6. The van der Waals surface area contributed by atoms with Crippen molar-refractivity contribution >= 4 is 17.0 Å². The molecule has 1 fully saturated rings. The second-order valence-corrected chi connectivity index (χ2v) is 10.5.